The molecule has 3 aromatic rings. The first kappa shape index (κ1) is 37.5. The zero-order valence-electron chi connectivity index (χ0n) is 32.3. The Bertz CT molecular complexity index is 2000. The largest absolute Gasteiger partial charge is 0.497 e. The van der Waals surface area contributed by atoms with Gasteiger partial charge in [0.05, 0.1) is 43.3 Å². The van der Waals surface area contributed by atoms with Crippen LogP contribution in [-0.2, 0) is 30.8 Å². The van der Waals surface area contributed by atoms with E-state index in [2.05, 4.69) is 31.2 Å². The fourth-order valence-electron chi connectivity index (χ4n) is 10.1. The number of nitrogens with zero attached hydrogens (tertiary/aromatic N) is 3. The fourth-order valence-corrected chi connectivity index (χ4v) is 10.7. The summed E-state index contributed by atoms with van der Waals surface area (Å²) in [6, 6.07) is 13.7. The Hall–Kier alpha value is -3.45. The predicted molar refractivity (Wildman–Crippen MR) is 208 cm³/mol. The van der Waals surface area contributed by atoms with Gasteiger partial charge in [-0.15, -0.1) is 0 Å². The van der Waals surface area contributed by atoms with E-state index in [-0.39, 0.29) is 22.3 Å². The van der Waals surface area contributed by atoms with Gasteiger partial charge in [-0.25, -0.2) is 13.1 Å². The van der Waals surface area contributed by atoms with Crippen LogP contribution in [0.4, 0.5) is 0 Å². The van der Waals surface area contributed by atoms with E-state index in [0.29, 0.717) is 45.4 Å². The summed E-state index contributed by atoms with van der Waals surface area (Å²) in [5, 5.41) is 0.314. The lowest BCUT2D eigenvalue weighted by molar-refractivity contribution is -0.137. The first-order valence-corrected chi connectivity index (χ1v) is 21.5. The molecule has 2 saturated carbocycles. The lowest BCUT2D eigenvalue weighted by atomic mass is 9.71. The van der Waals surface area contributed by atoms with Crippen LogP contribution in [0.5, 0.6) is 5.75 Å². The van der Waals surface area contributed by atoms with E-state index in [1.165, 1.54) is 12.0 Å². The highest BCUT2D eigenvalue weighted by Gasteiger charge is 2.68. The number of methoxy groups -OCH3 is 1. The number of hydrogen-bond acceptors (Lipinski definition) is 8. The third-order valence-corrected chi connectivity index (χ3v) is 15.0. The topological polar surface area (TPSA) is 119 Å². The van der Waals surface area contributed by atoms with Gasteiger partial charge in [0.15, 0.2) is 0 Å². The summed E-state index contributed by atoms with van der Waals surface area (Å²) in [7, 11) is -2.16. The molecule has 3 aliphatic heterocycles. The molecule has 3 saturated heterocycles. The minimum Gasteiger partial charge on any atom is -0.497 e. The quantitative estimate of drug-likeness (QED) is 0.217. The van der Waals surface area contributed by atoms with Crippen LogP contribution in [0.25, 0.3) is 22.2 Å². The number of ether oxygens (including phenoxy) is 3. The Kier molecular flexibility index (Phi) is 9.88. The second-order valence-electron chi connectivity index (χ2n) is 17.1. The predicted octanol–water partition coefficient (Wildman–Crippen LogP) is 5.81. The van der Waals surface area contributed by atoms with Crippen LogP contribution in [0.15, 0.2) is 42.5 Å². The molecular formula is C42H56N4O7S. The maximum absolute atomic E-state index is 14.9. The Morgan fingerprint density at radius 1 is 0.963 bits per heavy atom. The van der Waals surface area contributed by atoms with Gasteiger partial charge in [0.1, 0.15) is 5.75 Å². The zero-order chi connectivity index (χ0) is 37.9. The second-order valence-corrected chi connectivity index (χ2v) is 19.3. The van der Waals surface area contributed by atoms with Gasteiger partial charge in [0.2, 0.25) is 15.9 Å². The van der Waals surface area contributed by atoms with Gasteiger partial charge in [-0.05, 0) is 99.9 Å². The number of rotatable bonds is 13. The second kappa shape index (κ2) is 14.2. The van der Waals surface area contributed by atoms with Crippen LogP contribution in [-0.4, -0.2) is 106 Å². The number of likely N-dealkylation sites (tertiary alicyclic amines) is 2. The molecule has 2 aromatic carbocycles. The molecule has 5 fully saturated rings. The number of carbonyl (C=O) groups is 2. The zero-order valence-corrected chi connectivity index (χ0v) is 33.1. The van der Waals surface area contributed by atoms with Crippen LogP contribution < -0.4 is 9.46 Å². The molecule has 2 unspecified atom stereocenters. The van der Waals surface area contributed by atoms with E-state index in [4.69, 9.17) is 14.2 Å². The lowest BCUT2D eigenvalue weighted by Crippen LogP contribution is -2.43. The molecule has 0 bridgehead atoms. The number of nitrogens with one attached hydrogen (secondary N) is 1. The van der Waals surface area contributed by atoms with Crippen molar-refractivity contribution in [2.75, 3.05) is 66.3 Å². The molecular weight excluding hydrogens is 705 g/mol. The van der Waals surface area contributed by atoms with Crippen molar-refractivity contribution in [1.82, 2.24) is 19.1 Å². The van der Waals surface area contributed by atoms with Crippen molar-refractivity contribution in [2.24, 2.45) is 16.2 Å². The van der Waals surface area contributed by atoms with E-state index in [0.717, 1.165) is 92.7 Å². The Morgan fingerprint density at radius 2 is 1.65 bits per heavy atom. The summed E-state index contributed by atoms with van der Waals surface area (Å²) in [6.07, 6.45) is 7.26. The van der Waals surface area contributed by atoms with Crippen molar-refractivity contribution in [2.45, 2.75) is 83.4 Å². The highest BCUT2D eigenvalue weighted by molar-refractivity contribution is 7.90. The summed E-state index contributed by atoms with van der Waals surface area (Å²) in [5.41, 5.74) is 3.83. The normalized spacial score (nSPS) is 25.3. The molecule has 2 atom stereocenters. The molecule has 2 aliphatic carbocycles. The third-order valence-electron chi connectivity index (χ3n) is 13.3. The van der Waals surface area contributed by atoms with Gasteiger partial charge in [0.25, 0.3) is 5.91 Å². The fraction of sp³-hybridized carbons (Fsp3) is 0.619. The van der Waals surface area contributed by atoms with Crippen molar-refractivity contribution >= 4 is 32.7 Å². The van der Waals surface area contributed by atoms with Gasteiger partial charge in [-0.1, -0.05) is 25.3 Å². The van der Waals surface area contributed by atoms with Gasteiger partial charge < -0.3 is 23.7 Å². The molecule has 292 valence electrons. The molecule has 54 heavy (non-hydrogen) atoms. The van der Waals surface area contributed by atoms with E-state index in [9.17, 15) is 18.0 Å². The van der Waals surface area contributed by atoms with E-state index >= 15 is 0 Å². The summed E-state index contributed by atoms with van der Waals surface area (Å²) < 4.78 is 47.5. The molecule has 0 spiro atoms. The number of amides is 2. The number of hydrogen-bond donors (Lipinski definition) is 1. The van der Waals surface area contributed by atoms with Gasteiger partial charge in [0, 0.05) is 73.2 Å². The Balaban J connectivity index is 1.18. The maximum Gasteiger partial charge on any atom is 0.264 e. The number of sulfonamides is 1. The van der Waals surface area contributed by atoms with Crippen molar-refractivity contribution in [3.63, 3.8) is 0 Å². The van der Waals surface area contributed by atoms with Crippen LogP contribution in [0.2, 0.25) is 0 Å². The Labute approximate surface area is 319 Å². The SMILES string of the molecule is CCOCCN1CC23COCC2(C1)CN(C(=O)C1(Cn2c(-c4ccc(OC)cc4)c(C4CCCCC4)c4ccc(C(=O)NS(=O)(=O)C(C)C)cc42)CC1)C3. The van der Waals surface area contributed by atoms with Crippen LogP contribution in [0, 0.1) is 16.2 Å². The van der Waals surface area contributed by atoms with E-state index in [1.807, 2.05) is 31.2 Å². The minimum absolute atomic E-state index is 0.0634. The summed E-state index contributed by atoms with van der Waals surface area (Å²) in [4.78, 5) is 33.1. The van der Waals surface area contributed by atoms with Gasteiger partial charge in [-0.2, -0.15) is 0 Å². The Morgan fingerprint density at radius 3 is 2.26 bits per heavy atom. The van der Waals surface area contributed by atoms with Gasteiger partial charge >= 0.3 is 0 Å². The molecule has 1 aromatic heterocycles. The molecule has 11 nitrogen and oxygen atoms in total. The van der Waals surface area contributed by atoms with Crippen molar-refractivity contribution in [3.05, 3.63) is 53.6 Å². The summed E-state index contributed by atoms with van der Waals surface area (Å²) >= 11 is 0. The first-order chi connectivity index (χ1) is 25.9. The smallest absolute Gasteiger partial charge is 0.264 e. The minimum atomic E-state index is -3.83. The van der Waals surface area contributed by atoms with Crippen molar-refractivity contribution in [3.8, 4) is 17.0 Å². The molecule has 1 N–H and O–H groups in total. The van der Waals surface area contributed by atoms with Crippen LogP contribution >= 0.6 is 0 Å². The lowest BCUT2D eigenvalue weighted by Gasteiger charge is -2.30. The number of carbonyl (C=O) groups excluding carboxylic acids is 2. The summed E-state index contributed by atoms with van der Waals surface area (Å²) in [6.45, 7) is 12.6. The third kappa shape index (κ3) is 6.44. The molecule has 2 amide bonds. The van der Waals surface area contributed by atoms with Crippen LogP contribution in [0.1, 0.15) is 87.6 Å². The monoisotopic (exact) mass is 760 g/mol. The number of fused-ring (bicyclic) bond motifs is 1. The average molecular weight is 761 g/mol. The number of aromatic nitrogens is 1. The maximum atomic E-state index is 14.9. The molecule has 8 rings (SSSR count). The van der Waals surface area contributed by atoms with Gasteiger partial charge in [-0.3, -0.25) is 14.5 Å². The molecule has 4 heterocycles. The highest BCUT2D eigenvalue weighted by Crippen LogP contribution is 2.59. The molecule has 12 heteroatoms. The van der Waals surface area contributed by atoms with E-state index in [1.54, 1.807) is 27.0 Å². The molecule has 0 radical (unpaired) electrons. The molecule has 5 aliphatic rings. The van der Waals surface area contributed by atoms with Crippen molar-refractivity contribution < 1.29 is 32.2 Å². The standard InChI is InChI=1S/C42H56N4O7S/c1-5-52-20-19-44-23-41-25-45(26-42(41,24-44)28-53-27-41)39(48)40(17-18-40)22-46-35-21-32(38(47)43-54(49,50)29(2)3)13-16-34(35)36(30-9-7-6-8-10-30)37(46)31-11-14-33(51-4)15-12-31/h11-16,21,29-30H,5-10,17-20,22-28H2,1-4H3,(H,43,47). The van der Waals surface area contributed by atoms with Crippen molar-refractivity contribution in [1.29, 1.82) is 0 Å². The average Bonchev–Trinajstić information content (AvgIpc) is 3.49. The highest BCUT2D eigenvalue weighted by atomic mass is 32.2. The van der Waals surface area contributed by atoms with Crippen LogP contribution in [0.3, 0.4) is 0 Å². The summed E-state index contributed by atoms with van der Waals surface area (Å²) in [5.74, 6) is 0.667. The first-order valence-electron chi connectivity index (χ1n) is 20.0. The van der Waals surface area contributed by atoms with E-state index < -0.39 is 26.6 Å². The number of benzene rings is 2.